The molecular formula is C25H24N2OS. The first-order chi connectivity index (χ1) is 14.2. The molecule has 1 aliphatic heterocycles. The smallest absolute Gasteiger partial charge is 0.253 e. The minimum absolute atomic E-state index is 0.0936. The third-order valence-corrected chi connectivity index (χ3v) is 6.25. The maximum Gasteiger partial charge on any atom is 0.253 e. The van der Waals surface area contributed by atoms with Crippen LogP contribution in [0.3, 0.4) is 0 Å². The van der Waals surface area contributed by atoms with Gasteiger partial charge in [0, 0.05) is 24.2 Å². The number of para-hydroxylation sites is 1. The summed E-state index contributed by atoms with van der Waals surface area (Å²) in [7, 11) is 1.98. The van der Waals surface area contributed by atoms with Gasteiger partial charge >= 0.3 is 0 Å². The molecule has 1 amide bonds. The van der Waals surface area contributed by atoms with Crippen molar-refractivity contribution in [2.75, 3.05) is 17.8 Å². The van der Waals surface area contributed by atoms with Crippen molar-refractivity contribution in [2.24, 2.45) is 0 Å². The van der Waals surface area contributed by atoms with E-state index in [0.717, 1.165) is 22.6 Å². The van der Waals surface area contributed by atoms with E-state index in [1.807, 2.05) is 77.7 Å². The molecule has 0 saturated heterocycles. The Morgan fingerprint density at radius 3 is 2.48 bits per heavy atom. The maximum absolute atomic E-state index is 13.5. The molecule has 0 spiro atoms. The van der Waals surface area contributed by atoms with E-state index in [0.29, 0.717) is 6.54 Å². The zero-order valence-electron chi connectivity index (χ0n) is 16.5. The normalized spacial score (nSPS) is 15.6. The fourth-order valence-corrected chi connectivity index (χ4v) is 4.65. The average Bonchev–Trinajstić information content (AvgIpc) is 3.05. The molecule has 0 radical (unpaired) electrons. The van der Waals surface area contributed by atoms with Gasteiger partial charge in [0.25, 0.3) is 5.91 Å². The molecular weight excluding hydrogens is 376 g/mol. The molecule has 0 N–H and O–H groups in total. The van der Waals surface area contributed by atoms with Gasteiger partial charge in [0.1, 0.15) is 0 Å². The largest absolute Gasteiger partial charge is 0.272 e. The molecule has 0 fully saturated rings. The summed E-state index contributed by atoms with van der Waals surface area (Å²) in [5.41, 5.74) is 4.26. The van der Waals surface area contributed by atoms with E-state index in [1.54, 1.807) is 11.8 Å². The van der Waals surface area contributed by atoms with Crippen molar-refractivity contribution in [3.05, 3.63) is 108 Å². The van der Waals surface area contributed by atoms with Crippen LogP contribution in [0, 0.1) is 0 Å². The van der Waals surface area contributed by atoms with Crippen molar-refractivity contribution in [1.82, 2.24) is 5.01 Å². The second kappa shape index (κ2) is 8.68. The quantitative estimate of drug-likeness (QED) is 0.387. The van der Waals surface area contributed by atoms with Gasteiger partial charge in [-0.3, -0.25) is 4.79 Å². The predicted octanol–water partition coefficient (Wildman–Crippen LogP) is 5.49. The second-order valence-electron chi connectivity index (χ2n) is 7.08. The number of carbonyl (C=O) groups is 1. The van der Waals surface area contributed by atoms with Crippen molar-refractivity contribution in [3.63, 3.8) is 0 Å². The maximum atomic E-state index is 13.5. The number of fused-ring (bicyclic) bond motifs is 1. The van der Waals surface area contributed by atoms with E-state index in [1.165, 1.54) is 10.5 Å². The lowest BCUT2D eigenvalue weighted by Crippen LogP contribution is -2.42. The van der Waals surface area contributed by atoms with Crippen LogP contribution in [0.1, 0.15) is 22.6 Å². The molecule has 4 rings (SSSR count). The number of rotatable bonds is 7. The molecule has 0 aromatic heterocycles. The van der Waals surface area contributed by atoms with Crippen LogP contribution >= 0.6 is 11.8 Å². The summed E-state index contributed by atoms with van der Waals surface area (Å²) in [4.78, 5) is 14.7. The summed E-state index contributed by atoms with van der Waals surface area (Å²) in [6.45, 7) is 4.47. The van der Waals surface area contributed by atoms with Gasteiger partial charge in [-0.25, -0.2) is 10.0 Å². The predicted molar refractivity (Wildman–Crippen MR) is 121 cm³/mol. The number of hydrogen-bond acceptors (Lipinski definition) is 3. The van der Waals surface area contributed by atoms with Gasteiger partial charge in [-0.2, -0.15) is 0 Å². The summed E-state index contributed by atoms with van der Waals surface area (Å²) >= 11 is 1.77. The highest BCUT2D eigenvalue weighted by Crippen LogP contribution is 2.42. The van der Waals surface area contributed by atoms with Crippen molar-refractivity contribution >= 4 is 23.4 Å². The van der Waals surface area contributed by atoms with Crippen LogP contribution in [-0.4, -0.2) is 23.7 Å². The SMILES string of the molecule is C=CCSc1ccccc1CN(C)N1C(=O)C(c2ccccc2)c2ccccc21. The van der Waals surface area contributed by atoms with Gasteiger partial charge in [0.05, 0.1) is 11.6 Å². The first kappa shape index (κ1) is 19.5. The molecule has 146 valence electrons. The summed E-state index contributed by atoms with van der Waals surface area (Å²) in [5.74, 6) is 0.693. The van der Waals surface area contributed by atoms with Gasteiger partial charge < -0.3 is 0 Å². The van der Waals surface area contributed by atoms with Crippen LogP contribution in [-0.2, 0) is 11.3 Å². The van der Waals surface area contributed by atoms with E-state index in [4.69, 9.17) is 0 Å². The van der Waals surface area contributed by atoms with Crippen LogP contribution in [0.15, 0.2) is 96.4 Å². The number of benzene rings is 3. The standard InChI is InChI=1S/C25H24N2OS/c1-3-17-29-23-16-10-7-13-20(23)18-26(2)27-22-15-9-8-14-21(22)24(25(27)28)19-11-5-4-6-12-19/h3-16,24H,1,17-18H2,2H3. The average molecular weight is 401 g/mol. The molecule has 0 aliphatic carbocycles. The molecule has 1 heterocycles. The van der Waals surface area contributed by atoms with Crippen LogP contribution in [0.2, 0.25) is 0 Å². The highest BCUT2D eigenvalue weighted by molar-refractivity contribution is 7.99. The summed E-state index contributed by atoms with van der Waals surface area (Å²) in [5, 5.41) is 3.86. The van der Waals surface area contributed by atoms with Crippen LogP contribution in [0.4, 0.5) is 5.69 Å². The summed E-state index contributed by atoms with van der Waals surface area (Å²) in [6.07, 6.45) is 1.91. The van der Waals surface area contributed by atoms with Crippen LogP contribution < -0.4 is 5.01 Å². The van der Waals surface area contributed by atoms with Gasteiger partial charge in [-0.15, -0.1) is 18.3 Å². The lowest BCUT2D eigenvalue weighted by Gasteiger charge is -2.29. The van der Waals surface area contributed by atoms with E-state index >= 15 is 0 Å². The first-order valence-electron chi connectivity index (χ1n) is 9.71. The number of nitrogens with zero attached hydrogens (tertiary/aromatic N) is 2. The monoisotopic (exact) mass is 400 g/mol. The number of hydrazine groups is 1. The zero-order valence-corrected chi connectivity index (χ0v) is 17.3. The topological polar surface area (TPSA) is 23.6 Å². The Morgan fingerprint density at radius 2 is 1.69 bits per heavy atom. The molecule has 1 atom stereocenters. The fourth-order valence-electron chi connectivity index (χ4n) is 3.86. The van der Waals surface area contributed by atoms with Gasteiger partial charge in [-0.05, 0) is 28.8 Å². The molecule has 3 aromatic rings. The Kier molecular flexibility index (Phi) is 5.84. The number of anilines is 1. The molecule has 3 aromatic carbocycles. The van der Waals surface area contributed by atoms with Crippen LogP contribution in [0.25, 0.3) is 0 Å². The summed E-state index contributed by atoms with van der Waals surface area (Å²) in [6, 6.07) is 26.5. The van der Waals surface area contributed by atoms with E-state index in [9.17, 15) is 4.79 Å². The number of hydrogen-bond donors (Lipinski definition) is 0. The lowest BCUT2D eigenvalue weighted by molar-refractivity contribution is -0.121. The van der Waals surface area contributed by atoms with Crippen LogP contribution in [0.5, 0.6) is 0 Å². The van der Waals surface area contributed by atoms with Gasteiger partial charge in [0.2, 0.25) is 0 Å². The Bertz CT molecular complexity index is 1020. The second-order valence-corrected chi connectivity index (χ2v) is 8.14. The Hall–Kier alpha value is -2.82. The molecule has 0 bridgehead atoms. The number of thioether (sulfide) groups is 1. The zero-order chi connectivity index (χ0) is 20.2. The van der Waals surface area contributed by atoms with Crippen molar-refractivity contribution in [2.45, 2.75) is 17.4 Å². The van der Waals surface area contributed by atoms with Crippen molar-refractivity contribution in [1.29, 1.82) is 0 Å². The molecule has 0 saturated carbocycles. The van der Waals surface area contributed by atoms with Gasteiger partial charge in [0.15, 0.2) is 0 Å². The Morgan fingerprint density at radius 1 is 1.00 bits per heavy atom. The third-order valence-electron chi connectivity index (χ3n) is 5.13. The van der Waals surface area contributed by atoms with Crippen molar-refractivity contribution < 1.29 is 4.79 Å². The van der Waals surface area contributed by atoms with E-state index < -0.39 is 0 Å². The number of carbonyl (C=O) groups excluding carboxylic acids is 1. The molecule has 1 unspecified atom stereocenters. The Balaban J connectivity index is 1.65. The third kappa shape index (κ3) is 3.86. The molecule has 29 heavy (non-hydrogen) atoms. The highest BCUT2D eigenvalue weighted by Gasteiger charge is 2.40. The highest BCUT2D eigenvalue weighted by atomic mass is 32.2. The molecule has 3 nitrogen and oxygen atoms in total. The Labute approximate surface area is 176 Å². The minimum Gasteiger partial charge on any atom is -0.272 e. The molecule has 1 aliphatic rings. The number of amides is 1. The van der Waals surface area contributed by atoms with E-state index in [2.05, 4.69) is 30.8 Å². The summed E-state index contributed by atoms with van der Waals surface area (Å²) < 4.78 is 0. The molecule has 4 heteroatoms. The fraction of sp³-hybridized carbons (Fsp3) is 0.160. The lowest BCUT2D eigenvalue weighted by atomic mass is 9.93. The van der Waals surface area contributed by atoms with Crippen molar-refractivity contribution in [3.8, 4) is 0 Å². The van der Waals surface area contributed by atoms with Gasteiger partial charge in [-0.1, -0.05) is 72.8 Å². The minimum atomic E-state index is -0.264. The van der Waals surface area contributed by atoms with E-state index in [-0.39, 0.29) is 11.8 Å². The first-order valence-corrected chi connectivity index (χ1v) is 10.7.